The summed E-state index contributed by atoms with van der Waals surface area (Å²) in [6, 6.07) is 10.1. The van der Waals surface area contributed by atoms with E-state index in [1.807, 2.05) is 31.2 Å². The first-order valence-corrected chi connectivity index (χ1v) is 8.84. The van der Waals surface area contributed by atoms with E-state index in [0.717, 1.165) is 38.4 Å². The summed E-state index contributed by atoms with van der Waals surface area (Å²) in [5.74, 6) is -0.178. The summed E-state index contributed by atoms with van der Waals surface area (Å²) in [7, 11) is 0. The van der Waals surface area contributed by atoms with E-state index in [9.17, 15) is 10.1 Å². The Labute approximate surface area is 156 Å². The van der Waals surface area contributed by atoms with Crippen molar-refractivity contribution < 1.29 is 9.66 Å². The van der Waals surface area contributed by atoms with Crippen molar-refractivity contribution in [1.82, 2.24) is 14.5 Å². The maximum absolute atomic E-state index is 10.8. The summed E-state index contributed by atoms with van der Waals surface area (Å²) >= 11 is 0. The molecule has 4 rings (SSSR count). The lowest BCUT2D eigenvalue weighted by atomic mass is 10.1. The van der Waals surface area contributed by atoms with Crippen LogP contribution >= 0.6 is 0 Å². The molecule has 1 fully saturated rings. The number of benzene rings is 1. The second kappa shape index (κ2) is 6.55. The number of ether oxygens (including phenoxy) is 1. The van der Waals surface area contributed by atoms with Gasteiger partial charge in [-0.2, -0.15) is 5.26 Å². The monoisotopic (exact) mass is 368 g/mol. The van der Waals surface area contributed by atoms with Gasteiger partial charge in [0.15, 0.2) is 0 Å². The SMILES string of the molecule is CC1(CN2CCN(c3ccc(C#N)cc3)CC2)Cn2cc([N+](=O)[O-])nc2O1. The normalized spacial score (nSPS) is 22.1. The lowest BCUT2D eigenvalue weighted by Gasteiger charge is -2.39. The number of anilines is 1. The van der Waals surface area contributed by atoms with Crippen molar-refractivity contribution in [2.24, 2.45) is 0 Å². The third kappa shape index (κ3) is 3.44. The first-order chi connectivity index (χ1) is 13.0. The zero-order valence-electron chi connectivity index (χ0n) is 15.0. The van der Waals surface area contributed by atoms with E-state index in [1.54, 1.807) is 4.57 Å². The predicted octanol–water partition coefficient (Wildman–Crippen LogP) is 1.64. The molecule has 1 atom stereocenters. The molecule has 3 heterocycles. The zero-order valence-corrected chi connectivity index (χ0v) is 15.0. The Bertz CT molecular complexity index is 869. The Morgan fingerprint density at radius 1 is 1.30 bits per heavy atom. The van der Waals surface area contributed by atoms with Gasteiger partial charge in [-0.1, -0.05) is 0 Å². The minimum atomic E-state index is -0.506. The number of hydrogen-bond donors (Lipinski definition) is 0. The first kappa shape index (κ1) is 17.3. The van der Waals surface area contributed by atoms with Gasteiger partial charge in [-0.15, -0.1) is 0 Å². The zero-order chi connectivity index (χ0) is 19.0. The molecule has 2 aliphatic heterocycles. The van der Waals surface area contributed by atoms with Crippen molar-refractivity contribution in [3.63, 3.8) is 0 Å². The smallest absolute Gasteiger partial charge is 0.415 e. The number of rotatable bonds is 4. The summed E-state index contributed by atoms with van der Waals surface area (Å²) in [6.07, 6.45) is 1.43. The van der Waals surface area contributed by atoms with Gasteiger partial charge >= 0.3 is 11.8 Å². The molecule has 0 bridgehead atoms. The Hall–Kier alpha value is -3.12. The number of nitro groups is 1. The van der Waals surface area contributed by atoms with Crippen molar-refractivity contribution in [2.45, 2.75) is 19.1 Å². The standard InChI is InChI=1S/C18H20N6O3/c1-18(13-23-11-16(24(25)26)20-17(23)27-18)12-21-6-8-22(9-7-21)15-4-2-14(10-19)3-5-15/h2-5,11H,6-9,12-13H2,1H3. The average Bonchev–Trinajstić information content (AvgIpc) is 3.17. The molecule has 2 aliphatic rings. The lowest BCUT2D eigenvalue weighted by Crippen LogP contribution is -2.52. The maximum Gasteiger partial charge on any atom is 0.415 e. The molecule has 1 aromatic carbocycles. The summed E-state index contributed by atoms with van der Waals surface area (Å²) in [6.45, 7) is 6.92. The van der Waals surface area contributed by atoms with E-state index in [4.69, 9.17) is 10.00 Å². The minimum absolute atomic E-state index is 0.178. The molecule has 9 heteroatoms. The highest BCUT2D eigenvalue weighted by Gasteiger charge is 2.41. The van der Waals surface area contributed by atoms with Crippen molar-refractivity contribution in [2.75, 3.05) is 37.6 Å². The molecule has 0 spiro atoms. The van der Waals surface area contributed by atoms with Crippen molar-refractivity contribution in [3.05, 3.63) is 46.1 Å². The molecular formula is C18H20N6O3. The highest BCUT2D eigenvalue weighted by molar-refractivity contribution is 5.50. The molecule has 1 aromatic heterocycles. The fourth-order valence-corrected chi connectivity index (χ4v) is 3.75. The van der Waals surface area contributed by atoms with E-state index in [1.165, 1.54) is 6.20 Å². The largest absolute Gasteiger partial charge is 0.436 e. The van der Waals surface area contributed by atoms with Crippen LogP contribution in [0.5, 0.6) is 6.01 Å². The number of imidazole rings is 1. The Morgan fingerprint density at radius 2 is 2.00 bits per heavy atom. The number of hydrogen-bond acceptors (Lipinski definition) is 7. The number of piperazine rings is 1. The van der Waals surface area contributed by atoms with Crippen LogP contribution in [0.25, 0.3) is 0 Å². The van der Waals surface area contributed by atoms with Crippen LogP contribution in [0, 0.1) is 21.4 Å². The molecular weight excluding hydrogens is 348 g/mol. The molecule has 0 saturated carbocycles. The first-order valence-electron chi connectivity index (χ1n) is 8.84. The van der Waals surface area contributed by atoms with Gasteiger partial charge in [0.25, 0.3) is 0 Å². The van der Waals surface area contributed by atoms with Crippen molar-refractivity contribution in [1.29, 1.82) is 5.26 Å². The molecule has 0 amide bonds. The Morgan fingerprint density at radius 3 is 2.59 bits per heavy atom. The second-order valence-electron chi connectivity index (χ2n) is 7.24. The molecule has 0 radical (unpaired) electrons. The van der Waals surface area contributed by atoms with Crippen LogP contribution in [0.4, 0.5) is 11.5 Å². The van der Waals surface area contributed by atoms with E-state index >= 15 is 0 Å². The van der Waals surface area contributed by atoms with E-state index in [2.05, 4.69) is 20.9 Å². The van der Waals surface area contributed by atoms with Gasteiger partial charge in [0.1, 0.15) is 11.8 Å². The summed E-state index contributed by atoms with van der Waals surface area (Å²) in [5.41, 5.74) is 1.36. The lowest BCUT2D eigenvalue weighted by molar-refractivity contribution is -0.389. The maximum atomic E-state index is 10.8. The Balaban J connectivity index is 1.33. The van der Waals surface area contributed by atoms with Gasteiger partial charge in [-0.3, -0.25) is 9.47 Å². The van der Waals surface area contributed by atoms with Crippen LogP contribution in [0.2, 0.25) is 0 Å². The van der Waals surface area contributed by atoms with Crippen LogP contribution in [-0.2, 0) is 6.54 Å². The minimum Gasteiger partial charge on any atom is -0.436 e. The van der Waals surface area contributed by atoms with Gasteiger partial charge in [0.2, 0.25) is 0 Å². The molecule has 140 valence electrons. The predicted molar refractivity (Wildman–Crippen MR) is 97.7 cm³/mol. The Kier molecular flexibility index (Phi) is 4.20. The van der Waals surface area contributed by atoms with Gasteiger partial charge in [0, 0.05) is 43.4 Å². The summed E-state index contributed by atoms with van der Waals surface area (Å²) in [5, 5.41) is 19.7. The molecule has 9 nitrogen and oxygen atoms in total. The van der Waals surface area contributed by atoms with Crippen molar-refractivity contribution in [3.8, 4) is 12.1 Å². The highest BCUT2D eigenvalue weighted by atomic mass is 16.6. The quantitative estimate of drug-likeness (QED) is 0.597. The van der Waals surface area contributed by atoms with Gasteiger partial charge in [0.05, 0.1) is 18.2 Å². The van der Waals surface area contributed by atoms with Gasteiger partial charge < -0.3 is 19.8 Å². The van der Waals surface area contributed by atoms with E-state index < -0.39 is 10.5 Å². The topological polar surface area (TPSA) is 100 Å². The number of fused-ring (bicyclic) bond motifs is 1. The van der Waals surface area contributed by atoms with Crippen molar-refractivity contribution >= 4 is 11.5 Å². The number of aromatic nitrogens is 2. The highest BCUT2D eigenvalue weighted by Crippen LogP contribution is 2.31. The summed E-state index contributed by atoms with van der Waals surface area (Å²) in [4.78, 5) is 18.9. The summed E-state index contributed by atoms with van der Waals surface area (Å²) < 4.78 is 7.64. The molecule has 2 aromatic rings. The molecule has 27 heavy (non-hydrogen) atoms. The van der Waals surface area contributed by atoms with Crippen LogP contribution in [0.3, 0.4) is 0 Å². The van der Waals surface area contributed by atoms with Crippen LogP contribution in [-0.4, -0.2) is 57.7 Å². The van der Waals surface area contributed by atoms with Gasteiger partial charge in [-0.25, -0.2) is 0 Å². The van der Waals surface area contributed by atoms with Crippen LogP contribution < -0.4 is 9.64 Å². The molecule has 0 aliphatic carbocycles. The molecule has 0 N–H and O–H groups in total. The molecule has 1 unspecified atom stereocenters. The fraction of sp³-hybridized carbons (Fsp3) is 0.444. The number of nitrogens with zero attached hydrogens (tertiary/aromatic N) is 6. The van der Waals surface area contributed by atoms with Crippen LogP contribution in [0.15, 0.2) is 30.5 Å². The van der Waals surface area contributed by atoms with E-state index in [0.29, 0.717) is 18.1 Å². The third-order valence-corrected chi connectivity index (χ3v) is 5.05. The van der Waals surface area contributed by atoms with Gasteiger partial charge in [-0.05, 0) is 36.1 Å². The number of nitriles is 1. The molecule has 1 saturated heterocycles. The third-order valence-electron chi connectivity index (χ3n) is 5.05. The fourth-order valence-electron chi connectivity index (χ4n) is 3.75. The second-order valence-corrected chi connectivity index (χ2v) is 7.24. The average molecular weight is 368 g/mol. The van der Waals surface area contributed by atoms with E-state index in [-0.39, 0.29) is 5.82 Å². The van der Waals surface area contributed by atoms with Crippen LogP contribution in [0.1, 0.15) is 12.5 Å².